The van der Waals surface area contributed by atoms with E-state index in [-0.39, 0.29) is 56.3 Å². The maximum Gasteiger partial charge on any atom is 0.416 e. The van der Waals surface area contributed by atoms with Gasteiger partial charge in [-0.05, 0) is 123 Å². The van der Waals surface area contributed by atoms with Crippen molar-refractivity contribution in [2.75, 3.05) is 21.3 Å². The third-order valence-corrected chi connectivity index (χ3v) is 8.69. The Morgan fingerprint density at radius 2 is 1.06 bits per heavy atom. The lowest BCUT2D eigenvalue weighted by atomic mass is 10.1. The fourth-order valence-corrected chi connectivity index (χ4v) is 5.60. The molecule has 0 aliphatic rings. The number of ether oxygens (including phenoxy) is 1. The number of carbonyl (C=O) groups is 7. The number of nitrogens with one attached hydrogen (secondary N) is 5. The van der Waals surface area contributed by atoms with Gasteiger partial charge in [0, 0.05) is 33.8 Å². The van der Waals surface area contributed by atoms with Crippen molar-refractivity contribution >= 4 is 64.2 Å². The van der Waals surface area contributed by atoms with Crippen LogP contribution in [0.4, 0.5) is 35.9 Å². The van der Waals surface area contributed by atoms with Gasteiger partial charge in [-0.15, -0.1) is 0 Å². The van der Waals surface area contributed by atoms with Gasteiger partial charge in [0.05, 0.1) is 34.9 Å². The number of nitrogens with two attached hydrogens (primary N) is 1. The first-order chi connectivity index (χ1) is 29.3. The van der Waals surface area contributed by atoms with Crippen LogP contribution in [0.1, 0.15) is 77.6 Å². The van der Waals surface area contributed by atoms with Gasteiger partial charge < -0.3 is 47.3 Å². The standard InChI is InChI=1S/C43H37F3N6O10/c1-22(2)62-36-32(20-19-31(35(36)54)40(58)49-29-17-9-26(10-18-29)42(60)61)51-38(56)24-7-15-30(16-8-24)50-41(59)33(21-34(47)53)52-39(57)25-5-13-28(14-6-25)48-37(55)23-3-11-27(12-4-23)43(44,45)46/h3-20,22,33,54H,21H2,1-2H3,(H2,47,53)(H,48,55)(H,49,58)(H,50,59)(H,51,56)(H,52,57)(H,60,61)/t33-/m0/s1. The number of phenolic OH excluding ortho intramolecular Hbond substituents is 1. The summed E-state index contributed by atoms with van der Waals surface area (Å²) < 4.78 is 44.3. The number of amides is 6. The van der Waals surface area contributed by atoms with Crippen LogP contribution in [0.2, 0.25) is 0 Å². The molecule has 0 saturated heterocycles. The molecule has 0 radical (unpaired) electrons. The first-order valence-corrected chi connectivity index (χ1v) is 18.4. The molecule has 62 heavy (non-hydrogen) atoms. The average Bonchev–Trinajstić information content (AvgIpc) is 3.22. The fraction of sp³-hybridized carbons (Fsp3) is 0.140. The van der Waals surface area contributed by atoms with E-state index < -0.39 is 77.5 Å². The number of phenols is 1. The Balaban J connectivity index is 1.21. The molecule has 0 fully saturated rings. The molecule has 0 heterocycles. The summed E-state index contributed by atoms with van der Waals surface area (Å²) in [5, 5.41) is 32.8. The average molecular weight is 855 g/mol. The minimum Gasteiger partial charge on any atom is -0.504 e. The van der Waals surface area contributed by atoms with E-state index in [0.29, 0.717) is 0 Å². The molecule has 320 valence electrons. The smallest absolute Gasteiger partial charge is 0.416 e. The monoisotopic (exact) mass is 854 g/mol. The molecule has 5 aromatic carbocycles. The zero-order valence-corrected chi connectivity index (χ0v) is 32.6. The van der Waals surface area contributed by atoms with Crippen LogP contribution in [0, 0.1) is 0 Å². The third kappa shape index (κ3) is 11.7. The van der Waals surface area contributed by atoms with Crippen molar-refractivity contribution in [3.05, 3.63) is 143 Å². The van der Waals surface area contributed by atoms with E-state index in [9.17, 15) is 51.8 Å². The Hall–Kier alpha value is -8.22. The van der Waals surface area contributed by atoms with Gasteiger partial charge in [0.2, 0.25) is 11.8 Å². The van der Waals surface area contributed by atoms with Crippen LogP contribution in [0.5, 0.6) is 11.5 Å². The number of benzene rings is 5. The molecule has 16 nitrogen and oxygen atoms in total. The van der Waals surface area contributed by atoms with E-state index >= 15 is 0 Å². The van der Waals surface area contributed by atoms with Crippen LogP contribution in [0.15, 0.2) is 109 Å². The van der Waals surface area contributed by atoms with Crippen molar-refractivity contribution in [2.24, 2.45) is 5.73 Å². The van der Waals surface area contributed by atoms with E-state index in [0.717, 1.165) is 24.3 Å². The summed E-state index contributed by atoms with van der Waals surface area (Å²) in [4.78, 5) is 88.1. The first kappa shape index (κ1) is 44.9. The third-order valence-electron chi connectivity index (χ3n) is 8.69. The lowest BCUT2D eigenvalue weighted by Gasteiger charge is -2.19. The SMILES string of the molecule is CC(C)Oc1c(NC(=O)c2ccc(NC(=O)[C@H](CC(N)=O)NC(=O)c3ccc(NC(=O)c4ccc(C(F)(F)F)cc4)cc3)cc2)ccc(C(=O)Nc2ccc(C(=O)O)cc2)c1O. The van der Waals surface area contributed by atoms with Gasteiger partial charge in [-0.1, -0.05) is 0 Å². The molecular weight excluding hydrogens is 817 g/mol. The molecule has 5 aromatic rings. The highest BCUT2D eigenvalue weighted by molar-refractivity contribution is 6.10. The number of primary amides is 1. The van der Waals surface area contributed by atoms with Crippen LogP contribution in [0.3, 0.4) is 0 Å². The van der Waals surface area contributed by atoms with Gasteiger partial charge in [-0.2, -0.15) is 13.2 Å². The first-order valence-electron chi connectivity index (χ1n) is 18.4. The number of carbonyl (C=O) groups excluding carboxylic acids is 6. The van der Waals surface area contributed by atoms with Crippen LogP contribution in [-0.2, 0) is 15.8 Å². The summed E-state index contributed by atoms with van der Waals surface area (Å²) in [6.07, 6.45) is -5.66. The van der Waals surface area contributed by atoms with Gasteiger partial charge in [-0.3, -0.25) is 28.8 Å². The molecule has 0 aromatic heterocycles. The molecule has 9 N–H and O–H groups in total. The highest BCUT2D eigenvalue weighted by Crippen LogP contribution is 2.39. The summed E-state index contributed by atoms with van der Waals surface area (Å²) in [5.74, 6) is -6.57. The van der Waals surface area contributed by atoms with Crippen molar-refractivity contribution < 1.29 is 61.7 Å². The van der Waals surface area contributed by atoms with E-state index in [1.807, 2.05) is 0 Å². The van der Waals surface area contributed by atoms with Gasteiger partial charge >= 0.3 is 12.1 Å². The molecule has 0 bridgehead atoms. The normalized spacial score (nSPS) is 11.5. The fourth-order valence-electron chi connectivity index (χ4n) is 5.60. The van der Waals surface area contributed by atoms with Crippen molar-refractivity contribution in [3.8, 4) is 11.5 Å². The summed E-state index contributed by atoms with van der Waals surface area (Å²) in [7, 11) is 0. The molecule has 0 aliphatic carbocycles. The number of aromatic hydroxyl groups is 1. The Morgan fingerprint density at radius 3 is 1.55 bits per heavy atom. The number of anilines is 4. The topological polar surface area (TPSA) is 255 Å². The van der Waals surface area contributed by atoms with E-state index in [2.05, 4.69) is 26.6 Å². The Labute approximate surface area is 350 Å². The maximum absolute atomic E-state index is 13.3. The molecule has 0 unspecified atom stereocenters. The Kier molecular flexibility index (Phi) is 13.9. The highest BCUT2D eigenvalue weighted by Gasteiger charge is 2.30. The second-order valence-electron chi connectivity index (χ2n) is 13.7. The number of alkyl halides is 3. The predicted molar refractivity (Wildman–Crippen MR) is 219 cm³/mol. The predicted octanol–water partition coefficient (Wildman–Crippen LogP) is 6.27. The molecular formula is C43H37F3N6O10. The molecule has 5 rings (SSSR count). The molecule has 0 saturated carbocycles. The van der Waals surface area contributed by atoms with Crippen LogP contribution in [-0.4, -0.2) is 63.8 Å². The molecule has 1 atom stereocenters. The van der Waals surface area contributed by atoms with Gasteiger partial charge in [-0.25, -0.2) is 4.79 Å². The number of rotatable bonds is 15. The van der Waals surface area contributed by atoms with Crippen molar-refractivity contribution in [1.29, 1.82) is 0 Å². The van der Waals surface area contributed by atoms with E-state index in [4.69, 9.17) is 15.6 Å². The largest absolute Gasteiger partial charge is 0.504 e. The summed E-state index contributed by atoms with van der Waals surface area (Å²) in [6, 6.07) is 20.8. The van der Waals surface area contributed by atoms with Crippen molar-refractivity contribution in [1.82, 2.24) is 5.32 Å². The van der Waals surface area contributed by atoms with E-state index in [1.54, 1.807) is 13.8 Å². The quantitative estimate of drug-likeness (QED) is 0.0586. The summed E-state index contributed by atoms with van der Waals surface area (Å²) in [5.41, 5.74) is 4.95. The van der Waals surface area contributed by atoms with Gasteiger partial charge in [0.15, 0.2) is 11.5 Å². The maximum atomic E-state index is 13.3. The minimum atomic E-state index is -4.57. The lowest BCUT2D eigenvalue weighted by Crippen LogP contribution is -2.46. The van der Waals surface area contributed by atoms with Crippen LogP contribution in [0.25, 0.3) is 0 Å². The second-order valence-corrected chi connectivity index (χ2v) is 13.7. The lowest BCUT2D eigenvalue weighted by molar-refractivity contribution is -0.137. The number of carboxylic acid groups (broad SMARTS) is 1. The summed E-state index contributed by atoms with van der Waals surface area (Å²) in [6.45, 7) is 3.32. The van der Waals surface area contributed by atoms with Crippen molar-refractivity contribution in [2.45, 2.75) is 38.6 Å². The number of aromatic carboxylic acids is 1. The number of carboxylic acids is 1. The number of hydrogen-bond donors (Lipinski definition) is 8. The Bertz CT molecular complexity index is 2510. The van der Waals surface area contributed by atoms with E-state index in [1.165, 1.54) is 84.9 Å². The summed E-state index contributed by atoms with van der Waals surface area (Å²) >= 11 is 0. The van der Waals surface area contributed by atoms with Gasteiger partial charge in [0.1, 0.15) is 6.04 Å². The number of hydrogen-bond acceptors (Lipinski definition) is 9. The Morgan fingerprint density at radius 1 is 0.613 bits per heavy atom. The minimum absolute atomic E-state index is 0.00755. The molecule has 19 heteroatoms. The number of halogens is 3. The van der Waals surface area contributed by atoms with Crippen LogP contribution >= 0.6 is 0 Å². The molecule has 6 amide bonds. The van der Waals surface area contributed by atoms with Crippen molar-refractivity contribution in [3.63, 3.8) is 0 Å². The van der Waals surface area contributed by atoms with Crippen LogP contribution < -0.4 is 37.1 Å². The second kappa shape index (κ2) is 19.2. The highest BCUT2D eigenvalue weighted by atomic mass is 19.4. The van der Waals surface area contributed by atoms with Gasteiger partial charge in [0.25, 0.3) is 23.6 Å². The molecule has 0 aliphatic heterocycles. The molecule has 0 spiro atoms. The zero-order chi connectivity index (χ0) is 45.3. The zero-order valence-electron chi connectivity index (χ0n) is 32.6.